The molecule has 2 fully saturated rings. The number of rotatable bonds is 4. The summed E-state index contributed by atoms with van der Waals surface area (Å²) in [7, 11) is -6.82. The molecule has 2 aliphatic rings. The number of piperazine rings is 1. The SMILES string of the molecule is O=C(C[C@@H]1CCS(=O)(=O)C1)N1CCN(S(=O)(=O)c2cccc(F)c2)CC1. The molecule has 26 heavy (non-hydrogen) atoms. The van der Waals surface area contributed by atoms with E-state index >= 15 is 0 Å². The molecule has 7 nitrogen and oxygen atoms in total. The third-order valence-electron chi connectivity index (χ3n) is 4.82. The van der Waals surface area contributed by atoms with Gasteiger partial charge in [-0.15, -0.1) is 0 Å². The predicted molar refractivity (Wildman–Crippen MR) is 93.1 cm³/mol. The van der Waals surface area contributed by atoms with Gasteiger partial charge in [-0.2, -0.15) is 4.31 Å². The van der Waals surface area contributed by atoms with Crippen molar-refractivity contribution in [1.82, 2.24) is 9.21 Å². The quantitative estimate of drug-likeness (QED) is 0.728. The topological polar surface area (TPSA) is 91.8 Å². The second kappa shape index (κ2) is 7.24. The van der Waals surface area contributed by atoms with Gasteiger partial charge in [0.05, 0.1) is 16.4 Å². The molecule has 0 bridgehead atoms. The number of hydrogen-bond acceptors (Lipinski definition) is 5. The first-order chi connectivity index (χ1) is 12.2. The average molecular weight is 404 g/mol. The van der Waals surface area contributed by atoms with Gasteiger partial charge in [-0.3, -0.25) is 4.79 Å². The molecule has 3 rings (SSSR count). The molecule has 0 unspecified atom stereocenters. The third kappa shape index (κ3) is 4.24. The van der Waals surface area contributed by atoms with Gasteiger partial charge < -0.3 is 4.90 Å². The smallest absolute Gasteiger partial charge is 0.243 e. The Hall–Kier alpha value is -1.52. The Morgan fingerprint density at radius 1 is 1.19 bits per heavy atom. The number of nitrogens with zero attached hydrogens (tertiary/aromatic N) is 2. The van der Waals surface area contributed by atoms with Crippen LogP contribution in [0, 0.1) is 11.7 Å². The van der Waals surface area contributed by atoms with Gasteiger partial charge in [-0.25, -0.2) is 21.2 Å². The number of sulfonamides is 1. The minimum Gasteiger partial charge on any atom is -0.340 e. The number of halogens is 1. The Kier molecular flexibility index (Phi) is 5.36. The van der Waals surface area contributed by atoms with Gasteiger partial charge in [0.2, 0.25) is 15.9 Å². The van der Waals surface area contributed by atoms with E-state index in [0.29, 0.717) is 6.42 Å². The van der Waals surface area contributed by atoms with Crippen LogP contribution in [0.5, 0.6) is 0 Å². The normalized spacial score (nSPS) is 23.9. The molecule has 2 aliphatic heterocycles. The van der Waals surface area contributed by atoms with E-state index in [-0.39, 0.29) is 60.8 Å². The summed E-state index contributed by atoms with van der Waals surface area (Å²) in [4.78, 5) is 13.8. The fourth-order valence-corrected chi connectivity index (χ4v) is 6.68. The minimum atomic E-state index is -3.80. The van der Waals surface area contributed by atoms with E-state index in [2.05, 4.69) is 0 Å². The van der Waals surface area contributed by atoms with Crippen molar-refractivity contribution < 1.29 is 26.0 Å². The minimum absolute atomic E-state index is 0.0483. The van der Waals surface area contributed by atoms with E-state index in [4.69, 9.17) is 0 Å². The van der Waals surface area contributed by atoms with Crippen molar-refractivity contribution in [3.05, 3.63) is 30.1 Å². The maximum Gasteiger partial charge on any atom is 0.243 e. The van der Waals surface area contributed by atoms with Crippen LogP contribution in [0.2, 0.25) is 0 Å². The van der Waals surface area contributed by atoms with Crippen LogP contribution in [-0.2, 0) is 24.7 Å². The van der Waals surface area contributed by atoms with Gasteiger partial charge in [0.25, 0.3) is 0 Å². The lowest BCUT2D eigenvalue weighted by atomic mass is 10.0. The molecule has 144 valence electrons. The van der Waals surface area contributed by atoms with E-state index in [1.54, 1.807) is 4.90 Å². The molecular weight excluding hydrogens is 383 g/mol. The molecule has 2 saturated heterocycles. The zero-order valence-electron chi connectivity index (χ0n) is 14.2. The molecule has 10 heteroatoms. The lowest BCUT2D eigenvalue weighted by Crippen LogP contribution is -2.50. The Bertz CT molecular complexity index is 893. The largest absolute Gasteiger partial charge is 0.340 e. The Labute approximate surface area is 152 Å². The van der Waals surface area contributed by atoms with Crippen molar-refractivity contribution in [3.8, 4) is 0 Å². The molecule has 0 aromatic heterocycles. The van der Waals surface area contributed by atoms with Crippen LogP contribution in [-0.4, -0.2) is 69.6 Å². The van der Waals surface area contributed by atoms with Crippen molar-refractivity contribution >= 4 is 25.8 Å². The average Bonchev–Trinajstić information content (AvgIpc) is 2.93. The van der Waals surface area contributed by atoms with Gasteiger partial charge >= 0.3 is 0 Å². The molecule has 1 aromatic rings. The molecule has 0 saturated carbocycles. The molecule has 1 amide bonds. The molecule has 0 aliphatic carbocycles. The molecule has 2 heterocycles. The maximum absolute atomic E-state index is 13.3. The van der Waals surface area contributed by atoms with Gasteiger partial charge in [-0.1, -0.05) is 6.07 Å². The summed E-state index contributed by atoms with van der Waals surface area (Å²) in [6.07, 6.45) is 0.678. The first-order valence-corrected chi connectivity index (χ1v) is 11.7. The van der Waals surface area contributed by atoms with Crippen LogP contribution < -0.4 is 0 Å². The summed E-state index contributed by atoms with van der Waals surface area (Å²) in [6, 6.07) is 4.85. The number of benzene rings is 1. The molecular formula is C16H21FN2O5S2. The van der Waals surface area contributed by atoms with Crippen LogP contribution >= 0.6 is 0 Å². The monoisotopic (exact) mass is 404 g/mol. The van der Waals surface area contributed by atoms with E-state index in [0.717, 1.165) is 6.07 Å². The lowest BCUT2D eigenvalue weighted by Gasteiger charge is -2.34. The molecule has 1 aromatic carbocycles. The second-order valence-corrected chi connectivity index (χ2v) is 10.9. The second-order valence-electron chi connectivity index (χ2n) is 6.72. The van der Waals surface area contributed by atoms with Crippen molar-refractivity contribution in [2.24, 2.45) is 5.92 Å². The van der Waals surface area contributed by atoms with Crippen LogP contribution in [0.25, 0.3) is 0 Å². The number of carbonyl (C=O) groups excluding carboxylic acids is 1. The third-order valence-corrected chi connectivity index (χ3v) is 8.55. The van der Waals surface area contributed by atoms with Gasteiger partial charge in [-0.05, 0) is 30.5 Å². The Balaban J connectivity index is 1.58. The van der Waals surface area contributed by atoms with Crippen molar-refractivity contribution in [1.29, 1.82) is 0 Å². The highest BCUT2D eigenvalue weighted by Crippen LogP contribution is 2.23. The summed E-state index contributed by atoms with van der Waals surface area (Å²) >= 11 is 0. The highest BCUT2D eigenvalue weighted by Gasteiger charge is 2.33. The standard InChI is InChI=1S/C16H21FN2O5S2/c17-14-2-1-3-15(11-14)26(23,24)19-7-5-18(6-8-19)16(20)10-13-4-9-25(21,22)12-13/h1-3,11,13H,4-10,12H2/t13-/m0/s1. The fraction of sp³-hybridized carbons (Fsp3) is 0.562. The molecule has 0 radical (unpaired) electrons. The Morgan fingerprint density at radius 3 is 2.46 bits per heavy atom. The lowest BCUT2D eigenvalue weighted by molar-refractivity contribution is -0.133. The number of hydrogen-bond donors (Lipinski definition) is 0. The van der Waals surface area contributed by atoms with Crippen molar-refractivity contribution in [3.63, 3.8) is 0 Å². The van der Waals surface area contributed by atoms with Crippen molar-refractivity contribution in [2.75, 3.05) is 37.7 Å². The zero-order valence-corrected chi connectivity index (χ0v) is 15.8. The van der Waals surface area contributed by atoms with Crippen LogP contribution in [0.4, 0.5) is 4.39 Å². The number of sulfone groups is 1. The summed E-state index contributed by atoms with van der Waals surface area (Å²) in [5, 5.41) is 0. The summed E-state index contributed by atoms with van der Waals surface area (Å²) in [5.41, 5.74) is 0. The first-order valence-electron chi connectivity index (χ1n) is 8.41. The fourth-order valence-electron chi connectivity index (χ4n) is 3.36. The van der Waals surface area contributed by atoms with E-state index in [9.17, 15) is 26.0 Å². The number of amides is 1. The van der Waals surface area contributed by atoms with Crippen LogP contribution in [0.15, 0.2) is 29.2 Å². The maximum atomic E-state index is 13.3. The molecule has 0 N–H and O–H groups in total. The van der Waals surface area contributed by atoms with Crippen molar-refractivity contribution in [2.45, 2.75) is 17.7 Å². The van der Waals surface area contributed by atoms with Gasteiger partial charge in [0.15, 0.2) is 9.84 Å². The summed E-state index contributed by atoms with van der Waals surface area (Å²) in [6.45, 7) is 0.751. The van der Waals surface area contributed by atoms with Crippen LogP contribution in [0.3, 0.4) is 0 Å². The Morgan fingerprint density at radius 2 is 1.88 bits per heavy atom. The molecule has 1 atom stereocenters. The zero-order chi connectivity index (χ0) is 18.9. The molecule has 0 spiro atoms. The van der Waals surface area contributed by atoms with Crippen LogP contribution in [0.1, 0.15) is 12.8 Å². The summed E-state index contributed by atoms with van der Waals surface area (Å²) < 4.78 is 62.6. The predicted octanol–water partition coefficient (Wildman–Crippen LogP) is 0.483. The van der Waals surface area contributed by atoms with Gasteiger partial charge in [0, 0.05) is 32.6 Å². The van der Waals surface area contributed by atoms with E-state index in [1.165, 1.54) is 22.5 Å². The van der Waals surface area contributed by atoms with E-state index < -0.39 is 25.7 Å². The van der Waals surface area contributed by atoms with E-state index in [1.807, 2.05) is 0 Å². The summed E-state index contributed by atoms with van der Waals surface area (Å²) in [5.74, 6) is -0.736. The number of carbonyl (C=O) groups is 1. The van der Waals surface area contributed by atoms with Gasteiger partial charge in [0.1, 0.15) is 5.82 Å². The highest BCUT2D eigenvalue weighted by molar-refractivity contribution is 7.91. The first kappa shape index (κ1) is 19.2. The highest BCUT2D eigenvalue weighted by atomic mass is 32.2.